The second kappa shape index (κ2) is 12.7. The summed E-state index contributed by atoms with van der Waals surface area (Å²) in [6.45, 7) is 1.54. The molecule has 1 N–H and O–H groups in total. The average molecular weight is 609 g/mol. The number of esters is 1. The summed E-state index contributed by atoms with van der Waals surface area (Å²) in [5, 5.41) is 11.0. The number of rotatable bonds is 7. The Hall–Kier alpha value is -3.24. The van der Waals surface area contributed by atoms with Crippen LogP contribution in [-0.2, 0) is 16.1 Å². The summed E-state index contributed by atoms with van der Waals surface area (Å²) in [5.74, 6) is -2.02. The van der Waals surface area contributed by atoms with E-state index in [9.17, 15) is 28.0 Å². The fraction of sp³-hybridized carbons (Fsp3) is 0.500. The minimum absolute atomic E-state index is 0.00941. The van der Waals surface area contributed by atoms with Crippen LogP contribution in [0, 0.1) is 11.3 Å². The molecule has 0 bridgehead atoms. The van der Waals surface area contributed by atoms with Crippen LogP contribution in [0.5, 0.6) is 0 Å². The maximum Gasteiger partial charge on any atom is 0.490 e. The number of nitrogens with one attached hydrogen (secondary N) is 1. The molecule has 1 saturated heterocycles. The number of anilines is 1. The Bertz CT molecular complexity index is 1210. The van der Waals surface area contributed by atoms with Crippen molar-refractivity contribution in [1.29, 1.82) is 5.26 Å². The summed E-state index contributed by atoms with van der Waals surface area (Å²) in [6, 6.07) is 9.08. The molecule has 0 spiro atoms. The highest BCUT2D eigenvalue weighted by molar-refractivity contribution is 9.10. The molecule has 1 amide bonds. The average Bonchev–Trinajstić information content (AvgIpc) is 2.93. The Labute approximate surface area is 232 Å². The van der Waals surface area contributed by atoms with E-state index in [1.54, 1.807) is 17.1 Å². The number of nitrogens with zero attached hydrogens (tertiary/aromatic N) is 5. The van der Waals surface area contributed by atoms with Crippen molar-refractivity contribution in [2.45, 2.75) is 69.8 Å². The molecule has 1 saturated carbocycles. The lowest BCUT2D eigenvalue weighted by atomic mass is 9.95. The minimum atomic E-state index is -4.98. The quantitative estimate of drug-likeness (QED) is 0.357. The Morgan fingerprint density at radius 2 is 1.79 bits per heavy atom. The zero-order chi connectivity index (χ0) is 28.0. The molecule has 9 nitrogen and oxygen atoms in total. The number of carbonyl (C=O) groups is 2. The fourth-order valence-corrected chi connectivity index (χ4v) is 5.22. The summed E-state index contributed by atoms with van der Waals surface area (Å²) in [4.78, 5) is 34.7. The van der Waals surface area contributed by atoms with Crippen LogP contribution in [0.4, 0.5) is 19.0 Å². The molecule has 0 atom stereocenters. The van der Waals surface area contributed by atoms with Crippen molar-refractivity contribution < 1.29 is 27.5 Å². The largest absolute Gasteiger partial charge is 0.490 e. The monoisotopic (exact) mass is 608 g/mol. The van der Waals surface area contributed by atoms with Crippen LogP contribution >= 0.6 is 15.9 Å². The number of hydrogen-bond acceptors (Lipinski definition) is 8. The van der Waals surface area contributed by atoms with E-state index in [0.717, 1.165) is 37.7 Å². The zero-order valence-electron chi connectivity index (χ0n) is 21.1. The van der Waals surface area contributed by atoms with Crippen LogP contribution < -0.4 is 10.4 Å². The number of aromatic nitrogens is 2. The SMILES string of the molecule is N#Cc1ncc(Br)c(N(NC(=O)c2ccc(CN3CCC(OC(=O)C(F)(F)F)CC3)cc2)C2CCCCC2)n1. The van der Waals surface area contributed by atoms with Gasteiger partial charge in [-0.15, -0.1) is 0 Å². The summed E-state index contributed by atoms with van der Waals surface area (Å²) in [5.41, 5.74) is 4.37. The molecule has 1 aliphatic heterocycles. The third-order valence-electron chi connectivity index (χ3n) is 6.88. The second-order valence-electron chi connectivity index (χ2n) is 9.66. The van der Waals surface area contributed by atoms with E-state index in [-0.39, 0.29) is 17.8 Å². The van der Waals surface area contributed by atoms with Gasteiger partial charge in [0.25, 0.3) is 5.91 Å². The van der Waals surface area contributed by atoms with Crippen molar-refractivity contribution in [1.82, 2.24) is 20.3 Å². The molecule has 1 aliphatic carbocycles. The lowest BCUT2D eigenvalue weighted by molar-refractivity contribution is -0.206. The Balaban J connectivity index is 1.37. The van der Waals surface area contributed by atoms with Crippen molar-refractivity contribution in [3.8, 4) is 6.07 Å². The summed E-state index contributed by atoms with van der Waals surface area (Å²) < 4.78 is 42.4. The molecule has 39 heavy (non-hydrogen) atoms. The number of nitriles is 1. The molecule has 208 valence electrons. The Kier molecular flexibility index (Phi) is 9.40. The van der Waals surface area contributed by atoms with E-state index in [1.165, 1.54) is 6.20 Å². The number of amides is 1. The molecule has 0 unspecified atom stereocenters. The van der Waals surface area contributed by atoms with Gasteiger partial charge in [-0.3, -0.25) is 20.1 Å². The van der Waals surface area contributed by atoms with E-state index in [1.807, 2.05) is 18.2 Å². The van der Waals surface area contributed by atoms with Crippen LogP contribution in [0.1, 0.15) is 66.7 Å². The molecule has 0 radical (unpaired) electrons. The first-order valence-electron chi connectivity index (χ1n) is 12.8. The highest BCUT2D eigenvalue weighted by Crippen LogP contribution is 2.30. The summed E-state index contributed by atoms with van der Waals surface area (Å²) in [6.07, 6.45) is 1.37. The standard InChI is InChI=1S/C26H28BrF3N6O3/c27-21-15-32-22(14-31)33-23(21)36(19-4-2-1-3-5-19)34-24(37)18-8-6-17(7-9-18)16-35-12-10-20(11-13-35)39-25(38)26(28,29)30/h6-9,15,19-20H,1-5,10-13,16H2,(H,34,37). The van der Waals surface area contributed by atoms with Crippen molar-refractivity contribution in [3.63, 3.8) is 0 Å². The maximum absolute atomic E-state index is 13.2. The minimum Gasteiger partial charge on any atom is -0.456 e. The third kappa shape index (κ3) is 7.67. The number of carbonyl (C=O) groups excluding carboxylic acids is 2. The van der Waals surface area contributed by atoms with Gasteiger partial charge in [0.2, 0.25) is 5.82 Å². The first-order valence-corrected chi connectivity index (χ1v) is 13.6. The van der Waals surface area contributed by atoms with Crippen LogP contribution in [-0.4, -0.2) is 58.2 Å². The predicted molar refractivity (Wildman–Crippen MR) is 138 cm³/mol. The molecule has 2 aliphatic rings. The molecular weight excluding hydrogens is 581 g/mol. The van der Waals surface area contributed by atoms with Crippen molar-refractivity contribution in [3.05, 3.63) is 51.9 Å². The highest BCUT2D eigenvalue weighted by atomic mass is 79.9. The van der Waals surface area contributed by atoms with Crippen molar-refractivity contribution in [2.24, 2.45) is 0 Å². The molecular formula is C26H28BrF3N6O3. The van der Waals surface area contributed by atoms with Gasteiger partial charge >= 0.3 is 12.1 Å². The highest BCUT2D eigenvalue weighted by Gasteiger charge is 2.42. The number of piperidine rings is 1. The second-order valence-corrected chi connectivity index (χ2v) is 10.5. The fourth-order valence-electron chi connectivity index (χ4n) is 4.83. The summed E-state index contributed by atoms with van der Waals surface area (Å²) >= 11 is 3.45. The van der Waals surface area contributed by atoms with Gasteiger partial charge in [-0.2, -0.15) is 23.4 Å². The first kappa shape index (κ1) is 28.8. The van der Waals surface area contributed by atoms with Gasteiger partial charge in [-0.25, -0.2) is 9.78 Å². The smallest absolute Gasteiger partial charge is 0.456 e. The summed E-state index contributed by atoms with van der Waals surface area (Å²) in [7, 11) is 0. The van der Waals surface area contributed by atoms with Crippen molar-refractivity contribution >= 4 is 33.6 Å². The Morgan fingerprint density at radius 3 is 2.41 bits per heavy atom. The van der Waals surface area contributed by atoms with Crippen LogP contribution in [0.25, 0.3) is 0 Å². The first-order chi connectivity index (χ1) is 18.6. The number of hydrogen-bond donors (Lipinski definition) is 1. The topological polar surface area (TPSA) is 111 Å². The van der Waals surface area contributed by atoms with Gasteiger partial charge in [0, 0.05) is 31.4 Å². The normalized spacial score (nSPS) is 17.3. The van der Waals surface area contributed by atoms with Gasteiger partial charge in [0.15, 0.2) is 5.82 Å². The number of likely N-dealkylation sites (tertiary alicyclic amines) is 1. The van der Waals surface area contributed by atoms with E-state index in [0.29, 0.717) is 48.3 Å². The molecule has 1 aromatic heterocycles. The number of alkyl halides is 3. The third-order valence-corrected chi connectivity index (χ3v) is 7.44. The van der Waals surface area contributed by atoms with E-state index in [4.69, 9.17) is 0 Å². The van der Waals surface area contributed by atoms with Crippen LogP contribution in [0.2, 0.25) is 0 Å². The van der Waals surface area contributed by atoms with Gasteiger partial charge in [-0.05, 0) is 59.3 Å². The predicted octanol–water partition coefficient (Wildman–Crippen LogP) is 4.66. The van der Waals surface area contributed by atoms with Gasteiger partial charge < -0.3 is 4.74 Å². The molecule has 13 heteroatoms. The molecule has 2 aromatic rings. The van der Waals surface area contributed by atoms with Crippen molar-refractivity contribution in [2.75, 3.05) is 18.1 Å². The number of halogens is 4. The van der Waals surface area contributed by atoms with Gasteiger partial charge in [0.05, 0.1) is 10.5 Å². The molecule has 2 heterocycles. The number of ether oxygens (including phenoxy) is 1. The van der Waals surface area contributed by atoms with E-state index < -0.39 is 18.2 Å². The molecule has 1 aromatic carbocycles. The maximum atomic E-state index is 13.2. The molecule has 2 fully saturated rings. The lowest BCUT2D eigenvalue weighted by Gasteiger charge is -2.35. The zero-order valence-corrected chi connectivity index (χ0v) is 22.7. The van der Waals surface area contributed by atoms with Gasteiger partial charge in [-0.1, -0.05) is 31.4 Å². The van der Waals surface area contributed by atoms with Crippen LogP contribution in [0.15, 0.2) is 34.9 Å². The number of hydrazine groups is 1. The van der Waals surface area contributed by atoms with E-state index in [2.05, 4.69) is 41.0 Å². The van der Waals surface area contributed by atoms with Crippen LogP contribution in [0.3, 0.4) is 0 Å². The van der Waals surface area contributed by atoms with E-state index >= 15 is 0 Å². The lowest BCUT2D eigenvalue weighted by Crippen LogP contribution is -2.50. The number of benzene rings is 1. The molecule has 4 rings (SSSR count). The Morgan fingerprint density at radius 1 is 1.13 bits per heavy atom. The van der Waals surface area contributed by atoms with Gasteiger partial charge in [0.1, 0.15) is 12.2 Å².